The number of halogens is 3. The van der Waals surface area contributed by atoms with Gasteiger partial charge in [0.2, 0.25) is 0 Å². The second kappa shape index (κ2) is 6.27. The smallest absolute Gasteiger partial charge is 0.124 e. The van der Waals surface area contributed by atoms with Crippen LogP contribution in [0.3, 0.4) is 0 Å². The maximum atomic E-state index is 13.0. The van der Waals surface area contributed by atoms with Crippen molar-refractivity contribution in [1.82, 2.24) is 0 Å². The van der Waals surface area contributed by atoms with E-state index in [-0.39, 0.29) is 5.82 Å². The molecule has 0 N–H and O–H groups in total. The Morgan fingerprint density at radius 2 is 1.84 bits per heavy atom. The highest BCUT2D eigenvalue weighted by Crippen LogP contribution is 2.34. The highest BCUT2D eigenvalue weighted by atomic mass is 35.5. The van der Waals surface area contributed by atoms with Crippen LogP contribution in [-0.4, -0.2) is 6.61 Å². The van der Waals surface area contributed by atoms with Crippen LogP contribution in [0.2, 0.25) is 5.02 Å². The van der Waals surface area contributed by atoms with Crippen LogP contribution >= 0.6 is 23.2 Å². The van der Waals surface area contributed by atoms with Crippen molar-refractivity contribution in [3.63, 3.8) is 0 Å². The molecule has 2 rings (SSSR count). The zero-order valence-corrected chi connectivity index (χ0v) is 11.9. The summed E-state index contributed by atoms with van der Waals surface area (Å²) in [5.74, 6) is 0.421. The van der Waals surface area contributed by atoms with E-state index in [4.69, 9.17) is 27.9 Å². The van der Waals surface area contributed by atoms with Gasteiger partial charge in [0.05, 0.1) is 12.0 Å². The number of hydrogen-bond acceptors (Lipinski definition) is 1. The second-order valence-corrected chi connectivity index (χ2v) is 4.87. The summed E-state index contributed by atoms with van der Waals surface area (Å²) >= 11 is 12.4. The average molecular weight is 299 g/mol. The molecule has 2 aromatic carbocycles. The predicted molar refractivity (Wildman–Crippen MR) is 76.7 cm³/mol. The first-order valence-electron chi connectivity index (χ1n) is 5.93. The summed E-state index contributed by atoms with van der Waals surface area (Å²) in [6.45, 7) is 2.55. The van der Waals surface area contributed by atoms with Crippen LogP contribution in [0.25, 0.3) is 0 Å². The Morgan fingerprint density at radius 3 is 2.42 bits per heavy atom. The number of alkyl halides is 1. The van der Waals surface area contributed by atoms with Crippen molar-refractivity contribution in [1.29, 1.82) is 0 Å². The molecule has 0 spiro atoms. The van der Waals surface area contributed by atoms with Gasteiger partial charge in [-0.25, -0.2) is 4.39 Å². The van der Waals surface area contributed by atoms with Crippen LogP contribution in [0.5, 0.6) is 5.75 Å². The number of hydrogen-bond donors (Lipinski definition) is 0. The lowest BCUT2D eigenvalue weighted by Gasteiger charge is -2.13. The Kier molecular flexibility index (Phi) is 4.67. The first-order valence-corrected chi connectivity index (χ1v) is 6.75. The Labute approximate surface area is 121 Å². The van der Waals surface area contributed by atoms with Crippen LogP contribution in [0.15, 0.2) is 42.5 Å². The van der Waals surface area contributed by atoms with Gasteiger partial charge in [-0.2, -0.15) is 0 Å². The summed E-state index contributed by atoms with van der Waals surface area (Å²) in [5.41, 5.74) is 1.58. The molecule has 0 saturated carbocycles. The van der Waals surface area contributed by atoms with E-state index in [1.807, 2.05) is 31.2 Å². The summed E-state index contributed by atoms with van der Waals surface area (Å²) in [5, 5.41) is -0.0855. The molecule has 0 bridgehead atoms. The molecule has 100 valence electrons. The van der Waals surface area contributed by atoms with E-state index < -0.39 is 5.38 Å². The molecule has 0 fully saturated rings. The van der Waals surface area contributed by atoms with Gasteiger partial charge in [-0.3, -0.25) is 0 Å². The second-order valence-electron chi connectivity index (χ2n) is 4.03. The number of ether oxygens (including phenoxy) is 1. The van der Waals surface area contributed by atoms with E-state index in [0.29, 0.717) is 17.2 Å². The van der Waals surface area contributed by atoms with Crippen LogP contribution in [-0.2, 0) is 0 Å². The predicted octanol–water partition coefficient (Wildman–Crippen LogP) is 5.21. The Hall–Kier alpha value is -1.25. The van der Waals surface area contributed by atoms with Gasteiger partial charge in [-0.1, -0.05) is 29.8 Å². The number of benzene rings is 2. The van der Waals surface area contributed by atoms with Gasteiger partial charge in [-0.05, 0) is 42.3 Å². The summed E-state index contributed by atoms with van der Waals surface area (Å²) in [6, 6.07) is 11.7. The van der Waals surface area contributed by atoms with Gasteiger partial charge in [0, 0.05) is 5.02 Å². The third-order valence-corrected chi connectivity index (χ3v) is 3.53. The molecule has 0 aliphatic carbocycles. The normalized spacial score (nSPS) is 12.2. The van der Waals surface area contributed by atoms with Crippen molar-refractivity contribution >= 4 is 23.2 Å². The minimum absolute atomic E-state index is 0.328. The molecule has 1 atom stereocenters. The van der Waals surface area contributed by atoms with E-state index in [1.165, 1.54) is 12.1 Å². The fraction of sp³-hybridized carbons (Fsp3) is 0.200. The fourth-order valence-corrected chi connectivity index (χ4v) is 2.45. The van der Waals surface area contributed by atoms with Crippen molar-refractivity contribution in [3.8, 4) is 5.75 Å². The van der Waals surface area contributed by atoms with Crippen LogP contribution < -0.4 is 4.74 Å². The molecule has 19 heavy (non-hydrogen) atoms. The van der Waals surface area contributed by atoms with Gasteiger partial charge in [0.25, 0.3) is 0 Å². The molecule has 0 aromatic heterocycles. The molecule has 0 amide bonds. The molecule has 1 nitrogen and oxygen atoms in total. The van der Waals surface area contributed by atoms with Gasteiger partial charge < -0.3 is 4.74 Å². The standard InChI is InChI=1S/C15H13Cl2FO/c1-2-19-12-6-3-10(4-7-12)15(17)13-8-5-11(18)9-14(13)16/h3-9,15H,2H2,1H3. The molecule has 1 unspecified atom stereocenters. The highest BCUT2D eigenvalue weighted by Gasteiger charge is 2.14. The number of rotatable bonds is 4. The van der Waals surface area contributed by atoms with E-state index >= 15 is 0 Å². The fourth-order valence-electron chi connectivity index (χ4n) is 1.79. The lowest BCUT2D eigenvalue weighted by molar-refractivity contribution is 0.340. The lowest BCUT2D eigenvalue weighted by atomic mass is 10.0. The van der Waals surface area contributed by atoms with Gasteiger partial charge >= 0.3 is 0 Å². The first kappa shape index (κ1) is 14.2. The summed E-state index contributed by atoms with van der Waals surface area (Å²) in [4.78, 5) is 0. The third kappa shape index (κ3) is 3.40. The van der Waals surface area contributed by atoms with Crippen molar-refractivity contribution in [2.75, 3.05) is 6.61 Å². The molecule has 0 saturated heterocycles. The van der Waals surface area contributed by atoms with E-state index in [0.717, 1.165) is 11.3 Å². The van der Waals surface area contributed by atoms with E-state index in [9.17, 15) is 4.39 Å². The van der Waals surface area contributed by atoms with E-state index in [2.05, 4.69) is 0 Å². The largest absolute Gasteiger partial charge is 0.494 e. The van der Waals surface area contributed by atoms with Crippen LogP contribution in [0.4, 0.5) is 4.39 Å². The Bertz CT molecular complexity index is 555. The summed E-state index contributed by atoms with van der Waals surface area (Å²) in [6.07, 6.45) is 0. The zero-order valence-electron chi connectivity index (χ0n) is 10.4. The van der Waals surface area contributed by atoms with E-state index in [1.54, 1.807) is 6.07 Å². The van der Waals surface area contributed by atoms with Gasteiger partial charge in [-0.15, -0.1) is 11.6 Å². The SMILES string of the molecule is CCOc1ccc(C(Cl)c2ccc(F)cc2Cl)cc1. The van der Waals surface area contributed by atoms with Crippen LogP contribution in [0.1, 0.15) is 23.4 Å². The minimum atomic E-state index is -0.413. The Morgan fingerprint density at radius 1 is 1.16 bits per heavy atom. The average Bonchev–Trinajstić information content (AvgIpc) is 2.39. The van der Waals surface area contributed by atoms with Crippen molar-refractivity contribution in [2.45, 2.75) is 12.3 Å². The maximum Gasteiger partial charge on any atom is 0.124 e. The first-order chi connectivity index (χ1) is 9.11. The van der Waals surface area contributed by atoms with Gasteiger partial charge in [0.15, 0.2) is 0 Å². The molecule has 0 aliphatic rings. The topological polar surface area (TPSA) is 9.23 Å². The maximum absolute atomic E-state index is 13.0. The van der Waals surface area contributed by atoms with Gasteiger partial charge in [0.1, 0.15) is 11.6 Å². The van der Waals surface area contributed by atoms with Crippen molar-refractivity contribution in [3.05, 3.63) is 64.4 Å². The monoisotopic (exact) mass is 298 g/mol. The summed E-state index contributed by atoms with van der Waals surface area (Å²) in [7, 11) is 0. The quantitative estimate of drug-likeness (QED) is 0.704. The molecular formula is C15H13Cl2FO. The third-order valence-electron chi connectivity index (χ3n) is 2.72. The molecular weight excluding hydrogens is 286 g/mol. The minimum Gasteiger partial charge on any atom is -0.494 e. The van der Waals surface area contributed by atoms with Crippen LogP contribution in [0, 0.1) is 5.82 Å². The molecule has 0 aliphatic heterocycles. The highest BCUT2D eigenvalue weighted by molar-refractivity contribution is 6.33. The molecule has 0 heterocycles. The van der Waals surface area contributed by atoms with Crippen molar-refractivity contribution < 1.29 is 9.13 Å². The molecule has 0 radical (unpaired) electrons. The zero-order chi connectivity index (χ0) is 13.8. The Balaban J connectivity index is 2.25. The summed E-state index contributed by atoms with van der Waals surface area (Å²) < 4.78 is 18.4. The molecule has 2 aromatic rings. The molecule has 4 heteroatoms. The lowest BCUT2D eigenvalue weighted by Crippen LogP contribution is -1.96. The van der Waals surface area contributed by atoms with Crippen molar-refractivity contribution in [2.24, 2.45) is 0 Å².